The molecule has 0 aromatic heterocycles. The first-order chi connectivity index (χ1) is 11.3. The van der Waals surface area contributed by atoms with Crippen LogP contribution in [0.4, 0.5) is 0 Å². The SMILES string of the molecule is CN=C(NC1C2CCOC2C12CCC2)N1CCC2(CCOC2)C1.I. The van der Waals surface area contributed by atoms with E-state index in [2.05, 4.69) is 15.2 Å². The molecule has 0 radical (unpaired) electrons. The van der Waals surface area contributed by atoms with E-state index in [4.69, 9.17) is 9.47 Å². The maximum Gasteiger partial charge on any atom is 0.193 e. The molecular formula is C18H30IN3O2. The highest BCUT2D eigenvalue weighted by atomic mass is 127. The Morgan fingerprint density at radius 1 is 1.21 bits per heavy atom. The van der Waals surface area contributed by atoms with E-state index in [-0.39, 0.29) is 24.0 Å². The molecule has 1 N–H and O–H groups in total. The lowest BCUT2D eigenvalue weighted by molar-refractivity contribution is -0.171. The fourth-order valence-electron chi connectivity index (χ4n) is 5.98. The number of halogens is 1. The number of nitrogens with zero attached hydrogens (tertiary/aromatic N) is 2. The zero-order chi connectivity index (χ0) is 15.5. The molecule has 3 saturated heterocycles. The third kappa shape index (κ3) is 2.35. The van der Waals surface area contributed by atoms with Crippen molar-refractivity contribution in [1.82, 2.24) is 10.2 Å². The van der Waals surface area contributed by atoms with E-state index in [1.807, 2.05) is 7.05 Å². The summed E-state index contributed by atoms with van der Waals surface area (Å²) >= 11 is 0. The average molecular weight is 447 g/mol. The molecule has 3 heterocycles. The number of ether oxygens (including phenoxy) is 2. The number of aliphatic imine (C=N–C) groups is 1. The summed E-state index contributed by atoms with van der Waals surface area (Å²) in [6.45, 7) is 5.06. The van der Waals surface area contributed by atoms with Gasteiger partial charge in [0.05, 0.1) is 12.7 Å². The van der Waals surface area contributed by atoms with Gasteiger partial charge in [-0.3, -0.25) is 4.99 Å². The van der Waals surface area contributed by atoms with Gasteiger partial charge in [-0.05, 0) is 32.1 Å². The zero-order valence-corrected chi connectivity index (χ0v) is 17.0. The molecule has 5 aliphatic rings. The van der Waals surface area contributed by atoms with Crippen LogP contribution in [0.1, 0.15) is 38.5 Å². The van der Waals surface area contributed by atoms with Crippen molar-refractivity contribution in [3.63, 3.8) is 0 Å². The summed E-state index contributed by atoms with van der Waals surface area (Å²) in [5.74, 6) is 1.83. The quantitative estimate of drug-likeness (QED) is 0.381. The van der Waals surface area contributed by atoms with Crippen molar-refractivity contribution >= 4 is 29.9 Å². The van der Waals surface area contributed by atoms with E-state index in [0.717, 1.165) is 38.9 Å². The number of hydrogen-bond acceptors (Lipinski definition) is 3. The number of nitrogens with one attached hydrogen (secondary N) is 1. The molecule has 6 heteroatoms. The summed E-state index contributed by atoms with van der Waals surface area (Å²) in [5, 5.41) is 3.87. The Bertz CT molecular complexity index is 516. The maximum absolute atomic E-state index is 6.05. The third-order valence-electron chi connectivity index (χ3n) is 7.46. The van der Waals surface area contributed by atoms with Crippen molar-refractivity contribution in [2.24, 2.45) is 21.7 Å². The van der Waals surface area contributed by atoms with E-state index in [1.54, 1.807) is 0 Å². The van der Waals surface area contributed by atoms with Crippen LogP contribution in [0, 0.1) is 16.7 Å². The lowest BCUT2D eigenvalue weighted by Gasteiger charge is -2.63. The summed E-state index contributed by atoms with van der Waals surface area (Å²) in [4.78, 5) is 7.11. The molecule has 5 nitrogen and oxygen atoms in total. The molecule has 2 saturated carbocycles. The molecule has 0 aromatic carbocycles. The van der Waals surface area contributed by atoms with Crippen LogP contribution in [0.15, 0.2) is 4.99 Å². The minimum absolute atomic E-state index is 0. The summed E-state index contributed by atoms with van der Waals surface area (Å²) in [5.41, 5.74) is 0.815. The molecule has 3 aliphatic heterocycles. The van der Waals surface area contributed by atoms with Crippen molar-refractivity contribution in [1.29, 1.82) is 0 Å². The molecule has 136 valence electrons. The van der Waals surface area contributed by atoms with Crippen molar-refractivity contribution in [2.45, 2.75) is 50.7 Å². The van der Waals surface area contributed by atoms with Crippen LogP contribution in [-0.2, 0) is 9.47 Å². The van der Waals surface area contributed by atoms with Gasteiger partial charge < -0.3 is 19.7 Å². The normalized spacial score (nSPS) is 42.6. The Morgan fingerprint density at radius 3 is 2.75 bits per heavy atom. The largest absolute Gasteiger partial charge is 0.381 e. The van der Waals surface area contributed by atoms with Crippen LogP contribution in [0.3, 0.4) is 0 Å². The predicted molar refractivity (Wildman–Crippen MR) is 104 cm³/mol. The highest BCUT2D eigenvalue weighted by Gasteiger charge is 2.67. The first kappa shape index (κ1) is 17.3. The Morgan fingerprint density at radius 2 is 2.08 bits per heavy atom. The van der Waals surface area contributed by atoms with Crippen LogP contribution >= 0.6 is 24.0 Å². The predicted octanol–water partition coefficient (Wildman–Crippen LogP) is 2.25. The molecule has 24 heavy (non-hydrogen) atoms. The molecule has 4 unspecified atom stereocenters. The van der Waals surface area contributed by atoms with Gasteiger partial charge in [0.15, 0.2) is 5.96 Å². The van der Waals surface area contributed by atoms with Gasteiger partial charge in [-0.25, -0.2) is 0 Å². The molecule has 5 rings (SSSR count). The Kier molecular flexibility index (Phi) is 4.53. The highest BCUT2D eigenvalue weighted by Crippen LogP contribution is 2.62. The van der Waals surface area contributed by atoms with Crippen LogP contribution in [-0.4, -0.2) is 63.0 Å². The van der Waals surface area contributed by atoms with Crippen LogP contribution in [0.25, 0.3) is 0 Å². The molecule has 0 aromatic rings. The van der Waals surface area contributed by atoms with E-state index in [1.165, 1.54) is 38.5 Å². The van der Waals surface area contributed by atoms with Crippen molar-refractivity contribution in [3.8, 4) is 0 Å². The number of likely N-dealkylation sites (tertiary alicyclic amines) is 1. The van der Waals surface area contributed by atoms with Crippen molar-refractivity contribution in [3.05, 3.63) is 0 Å². The summed E-state index contributed by atoms with van der Waals surface area (Å²) in [6.07, 6.45) is 8.25. The first-order valence-electron chi connectivity index (χ1n) is 9.44. The summed E-state index contributed by atoms with van der Waals surface area (Å²) in [6, 6.07) is 0.582. The Balaban J connectivity index is 0.00000146. The lowest BCUT2D eigenvalue weighted by Crippen LogP contribution is -2.72. The monoisotopic (exact) mass is 447 g/mol. The van der Waals surface area contributed by atoms with Gasteiger partial charge in [0.1, 0.15) is 0 Å². The molecule has 2 spiro atoms. The van der Waals surface area contributed by atoms with Gasteiger partial charge in [0, 0.05) is 56.1 Å². The second kappa shape index (κ2) is 6.27. The van der Waals surface area contributed by atoms with Crippen LogP contribution in [0.2, 0.25) is 0 Å². The maximum atomic E-state index is 6.05. The molecule has 0 bridgehead atoms. The molecule has 2 aliphatic carbocycles. The van der Waals surface area contributed by atoms with Gasteiger partial charge in [0.25, 0.3) is 0 Å². The van der Waals surface area contributed by atoms with Gasteiger partial charge in [0.2, 0.25) is 0 Å². The average Bonchev–Trinajstić information content (AvgIpc) is 3.22. The number of hydrogen-bond donors (Lipinski definition) is 1. The molecular weight excluding hydrogens is 417 g/mol. The highest BCUT2D eigenvalue weighted by molar-refractivity contribution is 14.0. The third-order valence-corrected chi connectivity index (χ3v) is 7.46. The summed E-state index contributed by atoms with van der Waals surface area (Å²) < 4.78 is 11.7. The molecule has 4 atom stereocenters. The Labute approximate surface area is 161 Å². The summed E-state index contributed by atoms with van der Waals surface area (Å²) in [7, 11) is 1.94. The van der Waals surface area contributed by atoms with Gasteiger partial charge >= 0.3 is 0 Å². The molecule has 0 amide bonds. The second-order valence-corrected chi connectivity index (χ2v) is 8.47. The van der Waals surface area contributed by atoms with Gasteiger partial charge in [-0.1, -0.05) is 6.42 Å². The molecule has 5 fully saturated rings. The fraction of sp³-hybridized carbons (Fsp3) is 0.944. The first-order valence-corrected chi connectivity index (χ1v) is 9.44. The van der Waals surface area contributed by atoms with E-state index in [9.17, 15) is 0 Å². The number of guanidine groups is 1. The lowest BCUT2D eigenvalue weighted by atomic mass is 9.46. The number of rotatable bonds is 1. The minimum atomic E-state index is 0. The van der Waals surface area contributed by atoms with Crippen molar-refractivity contribution < 1.29 is 9.47 Å². The van der Waals surface area contributed by atoms with Gasteiger partial charge in [-0.2, -0.15) is 0 Å². The second-order valence-electron chi connectivity index (χ2n) is 8.47. The van der Waals surface area contributed by atoms with Crippen LogP contribution < -0.4 is 5.32 Å². The smallest absolute Gasteiger partial charge is 0.193 e. The van der Waals surface area contributed by atoms with Crippen LogP contribution in [0.5, 0.6) is 0 Å². The van der Waals surface area contributed by atoms with E-state index < -0.39 is 0 Å². The van der Waals surface area contributed by atoms with E-state index in [0.29, 0.717) is 28.9 Å². The van der Waals surface area contributed by atoms with E-state index >= 15 is 0 Å². The minimum Gasteiger partial charge on any atom is -0.381 e. The fourth-order valence-corrected chi connectivity index (χ4v) is 5.98. The Hall–Kier alpha value is -0.0800. The van der Waals surface area contributed by atoms with Gasteiger partial charge in [-0.15, -0.1) is 24.0 Å². The topological polar surface area (TPSA) is 46.1 Å². The number of fused-ring (bicyclic) bond motifs is 2. The van der Waals surface area contributed by atoms with Crippen molar-refractivity contribution in [2.75, 3.05) is 40.0 Å². The zero-order valence-electron chi connectivity index (χ0n) is 14.6. The standard InChI is InChI=1S/C18H29N3O2.HI/c1-19-16(21-8-6-17(11-21)7-10-22-12-17)20-14-13-3-9-23-15(13)18(14)4-2-5-18;/h13-15H,2-12H2,1H3,(H,19,20);1H.